The van der Waals surface area contributed by atoms with Gasteiger partial charge in [0.2, 0.25) is 0 Å². The Balaban J connectivity index is 2.48. The molecular formula is C14H26N3O+. The van der Waals surface area contributed by atoms with Crippen LogP contribution in [-0.2, 0) is 4.79 Å². The normalized spacial score (nSPS) is 27.3. The molecular weight excluding hydrogens is 226 g/mol. The summed E-state index contributed by atoms with van der Waals surface area (Å²) < 4.78 is 0. The van der Waals surface area contributed by atoms with Crippen molar-refractivity contribution in [2.75, 3.05) is 19.6 Å². The molecule has 4 nitrogen and oxygen atoms in total. The zero-order chi connectivity index (χ0) is 13.8. The van der Waals surface area contributed by atoms with E-state index in [0.29, 0.717) is 12.5 Å². The van der Waals surface area contributed by atoms with Gasteiger partial charge in [-0.15, -0.1) is 0 Å². The molecule has 3 atom stereocenters. The topological polar surface area (TPSA) is 57.3 Å². The van der Waals surface area contributed by atoms with E-state index in [2.05, 4.69) is 18.3 Å². The van der Waals surface area contributed by atoms with Crippen molar-refractivity contribution >= 4 is 5.91 Å². The number of nitrogens with one attached hydrogen (secondary N) is 2. The van der Waals surface area contributed by atoms with Crippen LogP contribution < -0.4 is 10.2 Å². The van der Waals surface area contributed by atoms with Crippen LogP contribution in [0.1, 0.15) is 40.5 Å². The standard InChI is InChI=1S/C14H25N3O/c1-11(2)14(4,10-15)16-13(18)9-17-7-5-6-12(3)8-17/h11-12H,5-9H2,1-4H3,(H,16,18)/p+1/t12-,14+/m1/s1. The molecule has 0 aliphatic carbocycles. The molecule has 0 aromatic rings. The molecule has 1 unspecified atom stereocenters. The first-order valence-corrected chi connectivity index (χ1v) is 6.93. The number of nitriles is 1. The summed E-state index contributed by atoms with van der Waals surface area (Å²) in [7, 11) is 0. The smallest absolute Gasteiger partial charge is 0.276 e. The van der Waals surface area contributed by atoms with E-state index in [0.717, 1.165) is 13.1 Å². The SMILES string of the molecule is CC(C)[C@](C)(C#N)NC(=O)C[NH+]1CCC[C@@H](C)C1. The van der Waals surface area contributed by atoms with Crippen LogP contribution in [0.15, 0.2) is 0 Å². The molecule has 0 aromatic carbocycles. The predicted molar refractivity (Wildman–Crippen MR) is 71.0 cm³/mol. The zero-order valence-corrected chi connectivity index (χ0v) is 12.0. The highest BCUT2D eigenvalue weighted by Crippen LogP contribution is 2.14. The molecule has 1 fully saturated rings. The molecule has 102 valence electrons. The van der Waals surface area contributed by atoms with Crippen molar-refractivity contribution in [1.29, 1.82) is 5.26 Å². The molecule has 4 heteroatoms. The van der Waals surface area contributed by atoms with Crippen molar-refractivity contribution in [3.63, 3.8) is 0 Å². The number of likely N-dealkylation sites (tertiary alicyclic amines) is 1. The Hall–Kier alpha value is -1.08. The first kappa shape index (κ1) is 15.0. The van der Waals surface area contributed by atoms with Crippen molar-refractivity contribution in [3.05, 3.63) is 0 Å². The Morgan fingerprint density at radius 2 is 2.28 bits per heavy atom. The Kier molecular flexibility index (Phi) is 5.15. The highest BCUT2D eigenvalue weighted by Gasteiger charge is 2.31. The van der Waals surface area contributed by atoms with Gasteiger partial charge in [0.1, 0.15) is 5.54 Å². The van der Waals surface area contributed by atoms with E-state index in [1.54, 1.807) is 6.92 Å². The molecule has 1 amide bonds. The summed E-state index contributed by atoms with van der Waals surface area (Å²) in [5.74, 6) is 0.813. The maximum atomic E-state index is 12.0. The average molecular weight is 252 g/mol. The number of quaternary nitrogens is 1. The molecule has 1 aliphatic rings. The van der Waals surface area contributed by atoms with E-state index in [9.17, 15) is 10.1 Å². The summed E-state index contributed by atoms with van der Waals surface area (Å²) in [4.78, 5) is 13.4. The van der Waals surface area contributed by atoms with Crippen LogP contribution in [-0.4, -0.2) is 31.1 Å². The third kappa shape index (κ3) is 3.99. The molecule has 1 saturated heterocycles. The molecule has 2 N–H and O–H groups in total. The second kappa shape index (κ2) is 6.19. The second-order valence-electron chi connectivity index (χ2n) is 6.15. The fourth-order valence-corrected chi connectivity index (χ4v) is 2.42. The van der Waals surface area contributed by atoms with Crippen molar-refractivity contribution in [1.82, 2.24) is 5.32 Å². The van der Waals surface area contributed by atoms with Gasteiger partial charge in [-0.3, -0.25) is 4.79 Å². The highest BCUT2D eigenvalue weighted by atomic mass is 16.2. The van der Waals surface area contributed by atoms with Crippen LogP contribution >= 0.6 is 0 Å². The van der Waals surface area contributed by atoms with Gasteiger partial charge in [0, 0.05) is 5.92 Å². The largest absolute Gasteiger partial charge is 0.333 e. The van der Waals surface area contributed by atoms with Crippen LogP contribution in [0.3, 0.4) is 0 Å². The number of nitrogens with zero attached hydrogens (tertiary/aromatic N) is 1. The van der Waals surface area contributed by atoms with Crippen LogP contribution in [0.4, 0.5) is 0 Å². The molecule has 0 aromatic heterocycles. The van der Waals surface area contributed by atoms with E-state index in [-0.39, 0.29) is 11.8 Å². The van der Waals surface area contributed by atoms with E-state index < -0.39 is 5.54 Å². The lowest BCUT2D eigenvalue weighted by Gasteiger charge is -2.30. The van der Waals surface area contributed by atoms with Gasteiger partial charge in [-0.25, -0.2) is 0 Å². The third-order valence-corrected chi connectivity index (χ3v) is 4.06. The number of carbonyl (C=O) groups is 1. The molecule has 0 spiro atoms. The maximum Gasteiger partial charge on any atom is 0.276 e. The summed E-state index contributed by atoms with van der Waals surface area (Å²) in [5.41, 5.74) is -0.752. The Labute approximate surface area is 110 Å². The summed E-state index contributed by atoms with van der Waals surface area (Å²) in [5, 5.41) is 12.1. The average Bonchev–Trinajstić information content (AvgIpc) is 2.28. The maximum absolute atomic E-state index is 12.0. The van der Waals surface area contributed by atoms with Crippen molar-refractivity contribution in [2.45, 2.75) is 46.1 Å². The monoisotopic (exact) mass is 252 g/mol. The van der Waals surface area contributed by atoms with E-state index in [4.69, 9.17) is 0 Å². The van der Waals surface area contributed by atoms with Crippen molar-refractivity contribution in [3.8, 4) is 6.07 Å². The summed E-state index contributed by atoms with van der Waals surface area (Å²) in [6.45, 7) is 10.6. The lowest BCUT2D eigenvalue weighted by atomic mass is 9.90. The van der Waals surface area contributed by atoms with Gasteiger partial charge in [-0.1, -0.05) is 20.8 Å². The number of rotatable bonds is 4. The minimum Gasteiger partial charge on any atom is -0.333 e. The molecule has 0 bridgehead atoms. The summed E-state index contributed by atoms with van der Waals surface area (Å²) in [6, 6.07) is 2.21. The first-order chi connectivity index (χ1) is 8.37. The van der Waals surface area contributed by atoms with Gasteiger partial charge in [-0.05, 0) is 25.7 Å². The van der Waals surface area contributed by atoms with E-state index >= 15 is 0 Å². The van der Waals surface area contributed by atoms with Gasteiger partial charge in [0.05, 0.1) is 19.2 Å². The minimum atomic E-state index is -0.752. The third-order valence-electron chi connectivity index (χ3n) is 4.06. The van der Waals surface area contributed by atoms with Crippen molar-refractivity contribution in [2.24, 2.45) is 11.8 Å². The summed E-state index contributed by atoms with van der Waals surface area (Å²) >= 11 is 0. The van der Waals surface area contributed by atoms with Gasteiger partial charge in [-0.2, -0.15) is 5.26 Å². The van der Waals surface area contributed by atoms with Gasteiger partial charge < -0.3 is 10.2 Å². The number of hydrogen-bond donors (Lipinski definition) is 2. The second-order valence-corrected chi connectivity index (χ2v) is 6.15. The zero-order valence-electron chi connectivity index (χ0n) is 12.0. The molecule has 1 heterocycles. The number of hydrogen-bond acceptors (Lipinski definition) is 2. The fourth-order valence-electron chi connectivity index (χ4n) is 2.42. The number of piperidine rings is 1. The molecule has 1 rings (SSSR count). The minimum absolute atomic E-state index is 0.00292. The number of carbonyl (C=O) groups excluding carboxylic acids is 1. The summed E-state index contributed by atoms with van der Waals surface area (Å²) in [6.07, 6.45) is 2.47. The van der Waals surface area contributed by atoms with Crippen LogP contribution in [0.25, 0.3) is 0 Å². The highest BCUT2D eigenvalue weighted by molar-refractivity contribution is 5.78. The predicted octanol–water partition coefficient (Wildman–Crippen LogP) is 0.356. The molecule has 0 saturated carbocycles. The fraction of sp³-hybridized carbons (Fsp3) is 0.857. The van der Waals surface area contributed by atoms with E-state index in [1.165, 1.54) is 17.7 Å². The lowest BCUT2D eigenvalue weighted by Crippen LogP contribution is -3.14. The van der Waals surface area contributed by atoms with Crippen LogP contribution in [0.5, 0.6) is 0 Å². The van der Waals surface area contributed by atoms with E-state index in [1.807, 2.05) is 13.8 Å². The quantitative estimate of drug-likeness (QED) is 0.759. The van der Waals surface area contributed by atoms with Crippen LogP contribution in [0, 0.1) is 23.2 Å². The van der Waals surface area contributed by atoms with Gasteiger partial charge in [0.25, 0.3) is 5.91 Å². The number of amides is 1. The Morgan fingerprint density at radius 3 is 2.78 bits per heavy atom. The van der Waals surface area contributed by atoms with Gasteiger partial charge in [0.15, 0.2) is 6.54 Å². The Bertz CT molecular complexity index is 334. The molecule has 18 heavy (non-hydrogen) atoms. The van der Waals surface area contributed by atoms with Gasteiger partial charge >= 0.3 is 0 Å². The molecule has 0 radical (unpaired) electrons. The Morgan fingerprint density at radius 1 is 1.61 bits per heavy atom. The lowest BCUT2D eigenvalue weighted by molar-refractivity contribution is -0.900. The first-order valence-electron chi connectivity index (χ1n) is 6.93. The molecule has 1 aliphatic heterocycles. The van der Waals surface area contributed by atoms with Crippen molar-refractivity contribution < 1.29 is 9.69 Å². The van der Waals surface area contributed by atoms with Crippen LogP contribution in [0.2, 0.25) is 0 Å².